The van der Waals surface area contributed by atoms with Gasteiger partial charge in [-0.05, 0) is 55.9 Å². The van der Waals surface area contributed by atoms with Gasteiger partial charge in [-0.2, -0.15) is 0 Å². The van der Waals surface area contributed by atoms with Crippen LogP contribution in [0.2, 0.25) is 0 Å². The summed E-state index contributed by atoms with van der Waals surface area (Å²) < 4.78 is 0. The first-order chi connectivity index (χ1) is 14.4. The van der Waals surface area contributed by atoms with Crippen LogP contribution in [0.5, 0.6) is 0 Å². The number of hydrogen-bond acceptors (Lipinski definition) is 5. The molecule has 8 nitrogen and oxygen atoms in total. The van der Waals surface area contributed by atoms with Gasteiger partial charge >= 0.3 is 6.09 Å². The van der Waals surface area contributed by atoms with Crippen LogP contribution >= 0.6 is 12.4 Å². The molecule has 1 aromatic carbocycles. The van der Waals surface area contributed by atoms with Crippen LogP contribution in [-0.4, -0.2) is 46.2 Å². The third-order valence-corrected chi connectivity index (χ3v) is 5.93. The number of piperidine rings is 1. The quantitative estimate of drug-likeness (QED) is 0.740. The molecule has 166 valence electrons. The second kappa shape index (κ2) is 9.51. The first-order valence-corrected chi connectivity index (χ1v) is 10.4. The fourth-order valence-corrected chi connectivity index (χ4v) is 4.54. The normalized spacial score (nSPS) is 20.5. The molecule has 2 aromatic rings. The number of aromatic nitrogens is 2. The molecule has 2 aliphatic rings. The molecule has 2 amide bonds. The highest BCUT2D eigenvalue weighted by atomic mass is 35.5. The van der Waals surface area contributed by atoms with Gasteiger partial charge < -0.3 is 20.2 Å². The number of carboxylic acid groups (broad SMARTS) is 1. The van der Waals surface area contributed by atoms with E-state index in [1.54, 1.807) is 4.90 Å². The van der Waals surface area contributed by atoms with Crippen molar-refractivity contribution in [2.45, 2.75) is 51.6 Å². The Kier molecular flexibility index (Phi) is 7.00. The van der Waals surface area contributed by atoms with Crippen LogP contribution in [-0.2, 0) is 4.79 Å². The Morgan fingerprint density at radius 3 is 2.39 bits per heavy atom. The topological polar surface area (TPSA) is 98.7 Å². The number of nitrogens with one attached hydrogen (secondary N) is 1. The molecule has 31 heavy (non-hydrogen) atoms. The summed E-state index contributed by atoms with van der Waals surface area (Å²) in [5.74, 6) is 0.693. The minimum atomic E-state index is -1.07. The summed E-state index contributed by atoms with van der Waals surface area (Å²) in [6.45, 7) is 5.44. The molecule has 0 unspecified atom stereocenters. The molecule has 0 radical (unpaired) electrons. The molecule has 2 atom stereocenters. The maximum atomic E-state index is 12.2. The van der Waals surface area contributed by atoms with Crippen molar-refractivity contribution in [3.05, 3.63) is 36.2 Å². The van der Waals surface area contributed by atoms with E-state index in [4.69, 9.17) is 0 Å². The van der Waals surface area contributed by atoms with E-state index < -0.39 is 6.09 Å². The number of amides is 2. The van der Waals surface area contributed by atoms with Crippen LogP contribution in [0.25, 0.3) is 11.1 Å². The SMILES string of the molecule is CC(=O)N1c2ccc(-c3cnc(N4CCCCC4)nc3)cc2[C@@H](NC(=O)O)C[C@H]1C.Cl. The maximum absolute atomic E-state index is 12.2. The molecular weight excluding hydrogens is 418 g/mol. The average molecular weight is 446 g/mol. The zero-order valence-corrected chi connectivity index (χ0v) is 18.6. The molecule has 1 fully saturated rings. The molecule has 2 N–H and O–H groups in total. The first kappa shape index (κ1) is 22.8. The lowest BCUT2D eigenvalue weighted by molar-refractivity contribution is -0.117. The molecule has 1 aromatic heterocycles. The molecule has 4 rings (SSSR count). The van der Waals surface area contributed by atoms with Gasteiger partial charge in [0.25, 0.3) is 0 Å². The second-order valence-corrected chi connectivity index (χ2v) is 8.07. The number of fused-ring (bicyclic) bond motifs is 1. The van der Waals surface area contributed by atoms with Gasteiger partial charge in [0.2, 0.25) is 11.9 Å². The number of benzene rings is 1. The molecule has 0 bridgehead atoms. The molecule has 2 aliphatic heterocycles. The third kappa shape index (κ3) is 4.74. The lowest BCUT2D eigenvalue weighted by Gasteiger charge is -2.39. The largest absolute Gasteiger partial charge is 0.465 e. The van der Waals surface area contributed by atoms with Crippen molar-refractivity contribution in [2.24, 2.45) is 0 Å². The van der Waals surface area contributed by atoms with Crippen LogP contribution in [0.4, 0.5) is 16.4 Å². The van der Waals surface area contributed by atoms with Crippen LogP contribution in [0.3, 0.4) is 0 Å². The standard InChI is InChI=1S/C22H27N5O3.ClH/c1-14-10-19(25-22(29)30)18-11-16(6-7-20(18)27(14)15(2)28)17-12-23-21(24-13-17)26-8-4-3-5-9-26;/h6-7,11-14,19,25H,3-5,8-10H2,1-2H3,(H,29,30);1H/t14-,19+;/m1./s1. The van der Waals surface area contributed by atoms with Crippen molar-refractivity contribution in [3.63, 3.8) is 0 Å². The van der Waals surface area contributed by atoms with Crippen LogP contribution in [0.15, 0.2) is 30.6 Å². The fourth-order valence-electron chi connectivity index (χ4n) is 4.54. The molecule has 0 spiro atoms. The summed E-state index contributed by atoms with van der Waals surface area (Å²) in [5, 5.41) is 11.9. The number of anilines is 2. The average Bonchev–Trinajstić information content (AvgIpc) is 2.73. The van der Waals surface area contributed by atoms with Crippen molar-refractivity contribution in [3.8, 4) is 11.1 Å². The summed E-state index contributed by atoms with van der Waals surface area (Å²) in [4.78, 5) is 36.6. The Labute approximate surface area is 188 Å². The monoisotopic (exact) mass is 445 g/mol. The van der Waals surface area contributed by atoms with Crippen molar-refractivity contribution >= 4 is 36.0 Å². The summed E-state index contributed by atoms with van der Waals surface area (Å²) in [5.41, 5.74) is 3.30. The lowest BCUT2D eigenvalue weighted by atomic mass is 9.89. The highest BCUT2D eigenvalue weighted by Crippen LogP contribution is 2.39. The van der Waals surface area contributed by atoms with E-state index in [2.05, 4.69) is 20.2 Å². The van der Waals surface area contributed by atoms with Gasteiger partial charge in [0, 0.05) is 49.7 Å². The highest BCUT2D eigenvalue weighted by molar-refractivity contribution is 5.94. The van der Waals surface area contributed by atoms with Crippen LogP contribution < -0.4 is 15.1 Å². The van der Waals surface area contributed by atoms with Gasteiger partial charge in [0.05, 0.1) is 6.04 Å². The molecule has 3 heterocycles. The molecule has 0 aliphatic carbocycles. The predicted molar refractivity (Wildman–Crippen MR) is 122 cm³/mol. The van der Waals surface area contributed by atoms with Gasteiger partial charge in [-0.1, -0.05) is 6.07 Å². The van der Waals surface area contributed by atoms with Gasteiger partial charge in [-0.25, -0.2) is 14.8 Å². The maximum Gasteiger partial charge on any atom is 0.405 e. The van der Waals surface area contributed by atoms with Crippen LogP contribution in [0.1, 0.15) is 51.1 Å². The van der Waals surface area contributed by atoms with E-state index in [1.807, 2.05) is 37.5 Å². The number of rotatable bonds is 3. The van der Waals surface area contributed by atoms with Crippen molar-refractivity contribution < 1.29 is 14.7 Å². The van der Waals surface area contributed by atoms with Gasteiger partial charge in [-0.3, -0.25) is 4.79 Å². The van der Waals surface area contributed by atoms with Gasteiger partial charge in [0.15, 0.2) is 0 Å². The van der Waals surface area contributed by atoms with Gasteiger partial charge in [0.1, 0.15) is 0 Å². The van der Waals surface area contributed by atoms with E-state index in [0.717, 1.165) is 41.4 Å². The summed E-state index contributed by atoms with van der Waals surface area (Å²) in [7, 11) is 0. The molecule has 0 saturated carbocycles. The highest BCUT2D eigenvalue weighted by Gasteiger charge is 2.33. The number of hydrogen-bond donors (Lipinski definition) is 2. The number of carbonyl (C=O) groups excluding carboxylic acids is 1. The third-order valence-electron chi connectivity index (χ3n) is 5.93. The van der Waals surface area contributed by atoms with Crippen molar-refractivity contribution in [1.82, 2.24) is 15.3 Å². The summed E-state index contributed by atoms with van der Waals surface area (Å²) in [6, 6.07) is 5.29. The van der Waals surface area contributed by atoms with Crippen molar-refractivity contribution in [2.75, 3.05) is 22.9 Å². The Hall–Kier alpha value is -2.87. The zero-order chi connectivity index (χ0) is 21.3. The molecular formula is C22H28ClN5O3. The Bertz CT molecular complexity index is 947. The van der Waals surface area contributed by atoms with E-state index in [-0.39, 0.29) is 30.4 Å². The fraction of sp³-hybridized carbons (Fsp3) is 0.455. The van der Waals surface area contributed by atoms with Crippen molar-refractivity contribution in [1.29, 1.82) is 0 Å². The molecule has 1 saturated heterocycles. The smallest absolute Gasteiger partial charge is 0.405 e. The minimum absolute atomic E-state index is 0. The second-order valence-electron chi connectivity index (χ2n) is 8.07. The van der Waals surface area contributed by atoms with E-state index >= 15 is 0 Å². The Morgan fingerprint density at radius 1 is 1.10 bits per heavy atom. The number of halogens is 1. The lowest BCUT2D eigenvalue weighted by Crippen LogP contribution is -2.45. The van der Waals surface area contributed by atoms with Gasteiger partial charge in [-0.15, -0.1) is 12.4 Å². The Balaban J connectivity index is 0.00000272. The summed E-state index contributed by atoms with van der Waals surface area (Å²) >= 11 is 0. The molecule has 9 heteroatoms. The van der Waals surface area contributed by atoms with E-state index in [1.165, 1.54) is 26.2 Å². The number of nitrogens with zero attached hydrogens (tertiary/aromatic N) is 4. The zero-order valence-electron chi connectivity index (χ0n) is 17.7. The summed E-state index contributed by atoms with van der Waals surface area (Å²) in [6.07, 6.45) is 6.66. The van der Waals surface area contributed by atoms with Crippen LogP contribution in [0, 0.1) is 0 Å². The van der Waals surface area contributed by atoms with E-state index in [0.29, 0.717) is 6.42 Å². The Morgan fingerprint density at radius 2 is 1.77 bits per heavy atom. The predicted octanol–water partition coefficient (Wildman–Crippen LogP) is 4.01. The van der Waals surface area contributed by atoms with E-state index in [9.17, 15) is 14.7 Å². The minimum Gasteiger partial charge on any atom is -0.465 e. The first-order valence-electron chi connectivity index (χ1n) is 10.4. The number of carbonyl (C=O) groups is 2.